The number of nitrogen functional groups attached to an aromatic ring is 1. The second kappa shape index (κ2) is 11.0. The minimum Gasteiger partial charge on any atom is -0.389 e. The normalized spacial score (nSPS) is 27.2. The van der Waals surface area contributed by atoms with Crippen molar-refractivity contribution in [3.05, 3.63) is 33.5 Å². The third-order valence-electron chi connectivity index (χ3n) is 10.7. The zero-order valence-electron chi connectivity index (χ0n) is 26.8. The van der Waals surface area contributed by atoms with Crippen LogP contribution in [0.1, 0.15) is 92.7 Å². The Bertz CT molecular complexity index is 1850. The molecule has 2 fully saturated rings. The molecule has 4 aromatic rings. The molecule has 3 aliphatic heterocycles. The van der Waals surface area contributed by atoms with Gasteiger partial charge in [-0.25, -0.2) is 14.6 Å². The van der Waals surface area contributed by atoms with Crippen molar-refractivity contribution in [3.8, 4) is 17.6 Å². The summed E-state index contributed by atoms with van der Waals surface area (Å²) in [6.45, 7) is 10.1. The number of anilines is 2. The van der Waals surface area contributed by atoms with Gasteiger partial charge in [0.1, 0.15) is 16.9 Å². The van der Waals surface area contributed by atoms with E-state index in [0.717, 1.165) is 84.6 Å². The topological polar surface area (TPSA) is 155 Å². The van der Waals surface area contributed by atoms with Crippen LogP contribution < -0.4 is 10.6 Å². The van der Waals surface area contributed by atoms with Crippen LogP contribution in [0.15, 0.2) is 10.7 Å². The monoisotopic (exact) mass is 643 g/mol. The Balaban J connectivity index is 1.29. The van der Waals surface area contributed by atoms with E-state index in [-0.39, 0.29) is 6.04 Å². The number of thiophene rings is 1. The average molecular weight is 644 g/mol. The Hall–Kier alpha value is -3.57. The number of aliphatic hydroxyl groups is 1. The number of fused-ring (bicyclic) bond motifs is 5. The van der Waals surface area contributed by atoms with Crippen molar-refractivity contribution in [2.24, 2.45) is 0 Å². The van der Waals surface area contributed by atoms with Gasteiger partial charge in [-0.3, -0.25) is 4.90 Å². The van der Waals surface area contributed by atoms with E-state index in [1.807, 2.05) is 13.1 Å². The van der Waals surface area contributed by atoms with Crippen molar-refractivity contribution >= 4 is 33.2 Å². The van der Waals surface area contributed by atoms with Gasteiger partial charge in [-0.1, -0.05) is 12.1 Å². The molecule has 0 aromatic carbocycles. The van der Waals surface area contributed by atoms with Crippen LogP contribution in [-0.4, -0.2) is 79.3 Å². The molecule has 1 aliphatic carbocycles. The fraction of sp³-hybridized carbons (Fsp3) is 0.606. The molecule has 12 nitrogen and oxygen atoms in total. The Morgan fingerprint density at radius 2 is 2.09 bits per heavy atom. The number of aryl methyl sites for hydroxylation is 1. The first-order valence-corrected chi connectivity index (χ1v) is 17.5. The summed E-state index contributed by atoms with van der Waals surface area (Å²) in [6.07, 6.45) is 8.80. The molecule has 0 radical (unpaired) electrons. The Morgan fingerprint density at radius 1 is 1.22 bits per heavy atom. The minimum atomic E-state index is -0.910. The highest BCUT2D eigenvalue weighted by Crippen LogP contribution is 2.53. The van der Waals surface area contributed by atoms with Gasteiger partial charge >= 0.3 is 0 Å². The Labute approximate surface area is 272 Å². The molecule has 242 valence electrons. The second-order valence-electron chi connectivity index (χ2n) is 13.7. The summed E-state index contributed by atoms with van der Waals surface area (Å²) < 4.78 is 14.8. The molecule has 2 saturated heterocycles. The van der Waals surface area contributed by atoms with Gasteiger partial charge in [-0.2, -0.15) is 10.4 Å². The molecule has 0 unspecified atom stereocenters. The number of piperidine rings is 1. The first-order valence-electron chi connectivity index (χ1n) is 16.7. The van der Waals surface area contributed by atoms with E-state index in [4.69, 9.17) is 30.1 Å². The molecule has 0 bridgehead atoms. The molecular weight excluding hydrogens is 602 g/mol. The minimum absolute atomic E-state index is 0.108. The van der Waals surface area contributed by atoms with Gasteiger partial charge < -0.3 is 25.0 Å². The van der Waals surface area contributed by atoms with Gasteiger partial charge in [0.05, 0.1) is 35.4 Å². The third kappa shape index (κ3) is 4.48. The van der Waals surface area contributed by atoms with E-state index in [0.29, 0.717) is 59.9 Å². The largest absolute Gasteiger partial charge is 0.389 e. The van der Waals surface area contributed by atoms with Crippen LogP contribution >= 0.6 is 11.3 Å². The maximum absolute atomic E-state index is 11.1. The standard InChI is InChI=1S/C33H41N9O3S/c1-4-40-13-6-8-23(40)19(2)42-31-22(17-36-42)30(41-14-7-11-32(3,43)18-41)37-29(38-31)26-20-10-15-44-33(27(20)45-39-26)12-5-9-24-25(33)21(16-34)28(35)46-24/h17,19,23,43H,4-15,18,35H2,1-3H3/t19-,23-,32+,33-/m0/s1. The Kier molecular flexibility index (Phi) is 7.13. The van der Waals surface area contributed by atoms with Gasteiger partial charge in [-0.15, -0.1) is 11.3 Å². The number of rotatable bonds is 5. The average Bonchev–Trinajstić information content (AvgIpc) is 3.84. The lowest BCUT2D eigenvalue weighted by Gasteiger charge is -2.38. The molecule has 7 heterocycles. The summed E-state index contributed by atoms with van der Waals surface area (Å²) in [5.41, 5.74) is 8.18. The number of likely N-dealkylation sites (tertiary alicyclic amines) is 1. The predicted molar refractivity (Wildman–Crippen MR) is 175 cm³/mol. The number of likely N-dealkylation sites (N-methyl/N-ethyl adjacent to an activating group) is 1. The SMILES string of the molecule is CCN1CCC[C@H]1[C@H](C)n1ncc2c(N3CCC[C@@](C)(O)C3)nc(-c3noc4c3CCO[C@]43CCCc4sc(N)c(C#N)c43)nc21. The first kappa shape index (κ1) is 29.8. The highest BCUT2D eigenvalue weighted by molar-refractivity contribution is 7.16. The predicted octanol–water partition coefficient (Wildman–Crippen LogP) is 4.55. The van der Waals surface area contributed by atoms with E-state index in [1.54, 1.807) is 0 Å². The summed E-state index contributed by atoms with van der Waals surface area (Å²) in [7, 11) is 0. The van der Waals surface area contributed by atoms with Crippen LogP contribution in [0.3, 0.4) is 0 Å². The van der Waals surface area contributed by atoms with Crippen molar-refractivity contribution in [2.45, 2.75) is 95.4 Å². The quantitative estimate of drug-likeness (QED) is 0.315. The molecule has 46 heavy (non-hydrogen) atoms. The van der Waals surface area contributed by atoms with Crippen LogP contribution in [0.2, 0.25) is 0 Å². The van der Waals surface area contributed by atoms with Gasteiger partial charge in [0, 0.05) is 41.6 Å². The smallest absolute Gasteiger partial charge is 0.186 e. The molecule has 3 N–H and O–H groups in total. The fourth-order valence-electron chi connectivity index (χ4n) is 8.54. The van der Waals surface area contributed by atoms with Crippen LogP contribution in [0.25, 0.3) is 22.6 Å². The number of nitriles is 1. The summed E-state index contributed by atoms with van der Waals surface area (Å²) in [6, 6.07) is 2.82. The first-order chi connectivity index (χ1) is 22.2. The van der Waals surface area contributed by atoms with Crippen molar-refractivity contribution < 1.29 is 14.4 Å². The third-order valence-corrected chi connectivity index (χ3v) is 11.8. The lowest BCUT2D eigenvalue weighted by atomic mass is 9.76. The van der Waals surface area contributed by atoms with Crippen LogP contribution in [0, 0.1) is 11.3 Å². The molecule has 4 aromatic heterocycles. The van der Waals surface area contributed by atoms with E-state index >= 15 is 0 Å². The number of hydrogen-bond donors (Lipinski definition) is 2. The van der Waals surface area contributed by atoms with Crippen LogP contribution in [0.5, 0.6) is 0 Å². The Morgan fingerprint density at radius 3 is 2.89 bits per heavy atom. The van der Waals surface area contributed by atoms with Gasteiger partial charge in [0.25, 0.3) is 0 Å². The highest BCUT2D eigenvalue weighted by atomic mass is 32.1. The fourth-order valence-corrected chi connectivity index (χ4v) is 9.67. The van der Waals surface area contributed by atoms with Crippen molar-refractivity contribution in [1.29, 1.82) is 5.26 Å². The van der Waals surface area contributed by atoms with Crippen molar-refractivity contribution in [1.82, 2.24) is 29.8 Å². The zero-order chi connectivity index (χ0) is 31.8. The van der Waals surface area contributed by atoms with Crippen molar-refractivity contribution in [3.63, 3.8) is 0 Å². The van der Waals surface area contributed by atoms with Crippen molar-refractivity contribution in [2.75, 3.05) is 43.4 Å². The van der Waals surface area contributed by atoms with Gasteiger partial charge in [0.2, 0.25) is 0 Å². The number of hydrogen-bond acceptors (Lipinski definition) is 12. The molecule has 0 saturated carbocycles. The molecular formula is C33H41N9O3S. The summed E-state index contributed by atoms with van der Waals surface area (Å²) in [5.74, 6) is 1.86. The maximum atomic E-state index is 11.1. The number of nitrogens with two attached hydrogens (primary N) is 1. The number of nitrogens with zero attached hydrogens (tertiary/aromatic N) is 8. The van der Waals surface area contributed by atoms with Crippen LogP contribution in [0.4, 0.5) is 10.8 Å². The lowest BCUT2D eigenvalue weighted by molar-refractivity contribution is -0.0580. The zero-order valence-corrected chi connectivity index (χ0v) is 27.6. The molecule has 13 heteroatoms. The van der Waals surface area contributed by atoms with E-state index < -0.39 is 11.2 Å². The number of ether oxygens (including phenoxy) is 1. The number of aromatic nitrogens is 5. The lowest BCUT2D eigenvalue weighted by Crippen LogP contribution is -2.46. The summed E-state index contributed by atoms with van der Waals surface area (Å²) in [5, 5.41) is 32.1. The van der Waals surface area contributed by atoms with Gasteiger partial charge in [0.15, 0.2) is 28.5 Å². The molecule has 4 aliphatic rings. The summed E-state index contributed by atoms with van der Waals surface area (Å²) in [4.78, 5) is 16.1. The van der Waals surface area contributed by atoms with E-state index in [9.17, 15) is 10.4 Å². The van der Waals surface area contributed by atoms with Gasteiger partial charge in [-0.05, 0) is 71.9 Å². The van der Waals surface area contributed by atoms with E-state index in [2.05, 4.69) is 39.6 Å². The molecule has 8 rings (SSSR count). The maximum Gasteiger partial charge on any atom is 0.186 e. The highest BCUT2D eigenvalue weighted by Gasteiger charge is 2.50. The molecule has 1 spiro atoms. The number of β-amino-alcohol motifs (C(OH)–C–C–N with tert-alkyl or cyclic N) is 1. The molecule has 0 amide bonds. The van der Waals surface area contributed by atoms with Crippen LogP contribution in [-0.2, 0) is 23.2 Å². The second-order valence-corrected chi connectivity index (χ2v) is 14.8. The summed E-state index contributed by atoms with van der Waals surface area (Å²) >= 11 is 1.47. The van der Waals surface area contributed by atoms with E-state index in [1.165, 1.54) is 17.8 Å². The molecule has 4 atom stereocenters.